The molecule has 76 valence electrons. The third-order valence-electron chi connectivity index (χ3n) is 3.10. The average Bonchev–Trinajstić information content (AvgIpc) is 2.92. The first-order chi connectivity index (χ1) is 6.84. The van der Waals surface area contributed by atoms with E-state index in [1.165, 1.54) is 0 Å². The van der Waals surface area contributed by atoms with Crippen LogP contribution in [0.2, 0.25) is 0 Å². The van der Waals surface area contributed by atoms with Crippen molar-refractivity contribution < 1.29 is 19.0 Å². The van der Waals surface area contributed by atoms with Crippen LogP contribution in [0.25, 0.3) is 0 Å². The second-order valence-electron chi connectivity index (χ2n) is 3.97. The van der Waals surface area contributed by atoms with Crippen LogP contribution in [0.15, 0.2) is 12.2 Å². The van der Waals surface area contributed by atoms with Gasteiger partial charge in [-0.25, -0.2) is 0 Å². The summed E-state index contributed by atoms with van der Waals surface area (Å²) in [6.07, 6.45) is 5.17. The van der Waals surface area contributed by atoms with E-state index in [1.807, 2.05) is 12.2 Å². The van der Waals surface area contributed by atoms with E-state index >= 15 is 0 Å². The highest BCUT2D eigenvalue weighted by molar-refractivity contribution is 5.58. The minimum atomic E-state index is -0.493. The lowest BCUT2D eigenvalue weighted by Gasteiger charge is -2.27. The third kappa shape index (κ3) is 1.02. The molecule has 2 bridgehead atoms. The van der Waals surface area contributed by atoms with Crippen molar-refractivity contribution in [1.29, 1.82) is 0 Å². The van der Waals surface area contributed by atoms with E-state index in [-0.39, 0.29) is 18.3 Å². The Hall–Kier alpha value is -0.710. The number of carbonyl (C=O) groups excluding carboxylic acids is 1. The Balaban J connectivity index is 1.85. The Morgan fingerprint density at radius 2 is 2.14 bits per heavy atom. The number of rotatable bonds is 2. The molecular weight excluding hydrogens is 184 g/mol. The van der Waals surface area contributed by atoms with Crippen molar-refractivity contribution in [2.24, 2.45) is 5.92 Å². The standard InChI is InChI=1S/C10H12O4/c11-6-7-5-10(2-1-8(7)14-10)9-12-3-4-13-9/h1-2,6-9H,3-5H2/t7-,8?,10-/m0/s1. The molecule has 4 heteroatoms. The van der Waals surface area contributed by atoms with Gasteiger partial charge in [-0.2, -0.15) is 0 Å². The molecule has 3 aliphatic rings. The topological polar surface area (TPSA) is 44.8 Å². The predicted molar refractivity (Wildman–Crippen MR) is 46.6 cm³/mol. The summed E-state index contributed by atoms with van der Waals surface area (Å²) in [7, 11) is 0. The summed E-state index contributed by atoms with van der Waals surface area (Å²) in [5.41, 5.74) is -0.493. The third-order valence-corrected chi connectivity index (χ3v) is 3.10. The van der Waals surface area contributed by atoms with Crippen molar-refractivity contribution >= 4 is 6.29 Å². The van der Waals surface area contributed by atoms with Gasteiger partial charge in [0.2, 0.25) is 0 Å². The smallest absolute Gasteiger partial charge is 0.190 e. The van der Waals surface area contributed by atoms with E-state index in [9.17, 15) is 4.79 Å². The summed E-state index contributed by atoms with van der Waals surface area (Å²) in [5.74, 6) is -0.0344. The van der Waals surface area contributed by atoms with E-state index in [2.05, 4.69) is 0 Å². The molecule has 0 radical (unpaired) electrons. The number of fused-ring (bicyclic) bond motifs is 2. The molecule has 2 fully saturated rings. The maximum absolute atomic E-state index is 10.8. The molecule has 3 atom stereocenters. The van der Waals surface area contributed by atoms with Gasteiger partial charge >= 0.3 is 0 Å². The molecule has 3 heterocycles. The first-order valence-electron chi connectivity index (χ1n) is 4.90. The lowest BCUT2D eigenvalue weighted by molar-refractivity contribution is -0.164. The summed E-state index contributed by atoms with van der Waals surface area (Å²) < 4.78 is 16.6. The van der Waals surface area contributed by atoms with Gasteiger partial charge in [-0.15, -0.1) is 0 Å². The minimum absolute atomic E-state index is 0.0344. The van der Waals surface area contributed by atoms with Gasteiger partial charge in [0.25, 0.3) is 0 Å². The quantitative estimate of drug-likeness (QED) is 0.470. The first-order valence-corrected chi connectivity index (χ1v) is 4.90. The Kier molecular flexibility index (Phi) is 1.77. The fraction of sp³-hybridized carbons (Fsp3) is 0.700. The van der Waals surface area contributed by atoms with Gasteiger partial charge in [0.15, 0.2) is 6.29 Å². The van der Waals surface area contributed by atoms with Crippen molar-refractivity contribution in [3.05, 3.63) is 12.2 Å². The van der Waals surface area contributed by atoms with E-state index < -0.39 is 5.60 Å². The van der Waals surface area contributed by atoms with Gasteiger partial charge in [-0.05, 0) is 12.5 Å². The normalized spacial score (nSPS) is 46.3. The van der Waals surface area contributed by atoms with Crippen LogP contribution in [-0.2, 0) is 19.0 Å². The van der Waals surface area contributed by atoms with Crippen molar-refractivity contribution in [3.63, 3.8) is 0 Å². The zero-order valence-corrected chi connectivity index (χ0v) is 7.72. The highest BCUT2D eigenvalue weighted by Gasteiger charge is 2.54. The highest BCUT2D eigenvalue weighted by atomic mass is 16.7. The summed E-state index contributed by atoms with van der Waals surface area (Å²) in [4.78, 5) is 10.8. The van der Waals surface area contributed by atoms with Gasteiger partial charge in [0, 0.05) is 5.92 Å². The zero-order valence-electron chi connectivity index (χ0n) is 7.72. The molecule has 0 aromatic rings. The molecule has 3 aliphatic heterocycles. The van der Waals surface area contributed by atoms with Crippen LogP contribution in [0.5, 0.6) is 0 Å². The lowest BCUT2D eigenvalue weighted by Crippen LogP contribution is -2.39. The van der Waals surface area contributed by atoms with E-state index in [0.717, 1.165) is 6.29 Å². The summed E-state index contributed by atoms with van der Waals surface area (Å²) in [5, 5.41) is 0. The Labute approximate surface area is 81.8 Å². The van der Waals surface area contributed by atoms with Crippen molar-refractivity contribution in [2.75, 3.05) is 13.2 Å². The maximum atomic E-state index is 10.8. The first kappa shape index (κ1) is 8.59. The van der Waals surface area contributed by atoms with Gasteiger partial charge in [0.05, 0.1) is 19.3 Å². The van der Waals surface area contributed by atoms with Gasteiger partial charge in [-0.1, -0.05) is 6.08 Å². The molecule has 0 saturated carbocycles. The molecular formula is C10H12O4. The van der Waals surface area contributed by atoms with Crippen molar-refractivity contribution in [3.8, 4) is 0 Å². The number of hydrogen-bond donors (Lipinski definition) is 0. The van der Waals surface area contributed by atoms with Crippen molar-refractivity contribution in [1.82, 2.24) is 0 Å². The average molecular weight is 196 g/mol. The number of aldehydes is 1. The van der Waals surface area contributed by atoms with Gasteiger partial charge < -0.3 is 19.0 Å². The molecule has 0 aromatic heterocycles. The van der Waals surface area contributed by atoms with E-state index in [0.29, 0.717) is 19.6 Å². The second kappa shape index (κ2) is 2.89. The van der Waals surface area contributed by atoms with Crippen LogP contribution >= 0.6 is 0 Å². The maximum Gasteiger partial charge on any atom is 0.190 e. The molecule has 4 nitrogen and oxygen atoms in total. The molecule has 1 unspecified atom stereocenters. The van der Waals surface area contributed by atoms with Crippen molar-refractivity contribution in [2.45, 2.75) is 24.4 Å². The number of carbonyl (C=O) groups is 1. The molecule has 0 aromatic carbocycles. The monoisotopic (exact) mass is 196 g/mol. The molecule has 0 N–H and O–H groups in total. The number of hydrogen-bond acceptors (Lipinski definition) is 4. The fourth-order valence-corrected chi connectivity index (χ4v) is 2.42. The molecule has 14 heavy (non-hydrogen) atoms. The lowest BCUT2D eigenvalue weighted by atomic mass is 9.87. The van der Waals surface area contributed by atoms with Crippen LogP contribution in [-0.4, -0.2) is 37.5 Å². The van der Waals surface area contributed by atoms with Crippen LogP contribution in [0.3, 0.4) is 0 Å². The van der Waals surface area contributed by atoms with Crippen LogP contribution in [0, 0.1) is 5.92 Å². The summed E-state index contributed by atoms with van der Waals surface area (Å²) in [6.45, 7) is 1.22. The Bertz CT molecular complexity index is 282. The van der Waals surface area contributed by atoms with Crippen LogP contribution in [0.4, 0.5) is 0 Å². The fourth-order valence-electron chi connectivity index (χ4n) is 2.42. The van der Waals surface area contributed by atoms with Gasteiger partial charge in [-0.3, -0.25) is 0 Å². The second-order valence-corrected chi connectivity index (χ2v) is 3.97. The molecule has 0 aliphatic carbocycles. The molecule has 0 amide bonds. The SMILES string of the molecule is O=C[C@@H]1C[C@]2(C3OCCO3)C=CC1O2. The van der Waals surface area contributed by atoms with Gasteiger partial charge in [0.1, 0.15) is 11.9 Å². The molecule has 0 spiro atoms. The Morgan fingerprint density at radius 3 is 2.79 bits per heavy atom. The summed E-state index contributed by atoms with van der Waals surface area (Å²) >= 11 is 0. The number of ether oxygens (including phenoxy) is 3. The molecule has 2 saturated heterocycles. The minimum Gasteiger partial charge on any atom is -0.358 e. The largest absolute Gasteiger partial charge is 0.358 e. The predicted octanol–water partition coefficient (Wildman–Crippen LogP) is 0.272. The van der Waals surface area contributed by atoms with Crippen LogP contribution < -0.4 is 0 Å². The highest BCUT2D eigenvalue weighted by Crippen LogP contribution is 2.45. The zero-order chi connectivity index (χ0) is 9.60. The molecule has 3 rings (SSSR count). The van der Waals surface area contributed by atoms with Crippen LogP contribution in [0.1, 0.15) is 6.42 Å². The van der Waals surface area contributed by atoms with E-state index in [4.69, 9.17) is 14.2 Å². The summed E-state index contributed by atoms with van der Waals surface area (Å²) in [6, 6.07) is 0. The Morgan fingerprint density at radius 1 is 1.36 bits per heavy atom. The van der Waals surface area contributed by atoms with E-state index in [1.54, 1.807) is 0 Å².